The zero-order valence-electron chi connectivity index (χ0n) is 8.02. The molecular formula is C4H24O10. The Balaban J connectivity index is -0.00000000446. The second-order valence-electron chi connectivity index (χ2n) is 0.925. The van der Waals surface area contributed by atoms with Crippen LogP contribution >= 0.6 is 0 Å². The Morgan fingerprint density at radius 1 is 0.857 bits per heavy atom. The summed E-state index contributed by atoms with van der Waals surface area (Å²) in [5.74, 6) is -0.211. The molecule has 0 radical (unpaired) electrons. The highest BCUT2D eigenvalue weighted by Gasteiger charge is 1.81. The maximum atomic E-state index is 9.82. The van der Waals surface area contributed by atoms with Gasteiger partial charge in [-0.3, -0.25) is 4.79 Å². The molecule has 0 aliphatic heterocycles. The van der Waals surface area contributed by atoms with Crippen molar-refractivity contribution < 1.29 is 53.3 Å². The van der Waals surface area contributed by atoms with Crippen molar-refractivity contribution >= 4 is 5.97 Å². The minimum Gasteiger partial charge on any atom is -0.466 e. The summed E-state index contributed by atoms with van der Waals surface area (Å²) in [5.41, 5.74) is 0. The van der Waals surface area contributed by atoms with Crippen molar-refractivity contribution in [2.24, 2.45) is 0 Å². The molecule has 0 unspecified atom stereocenters. The molecule has 0 saturated carbocycles. The predicted octanol–water partition coefficient (Wildman–Crippen LogP) is -6.03. The molecule has 0 atom stereocenters. The number of hydrogen-bond donors (Lipinski definition) is 0. The summed E-state index contributed by atoms with van der Waals surface area (Å²) >= 11 is 0. The lowest BCUT2D eigenvalue weighted by Crippen LogP contribution is -1.95. The summed E-state index contributed by atoms with van der Waals surface area (Å²) in [6.07, 6.45) is 0. The van der Waals surface area contributed by atoms with Gasteiger partial charge in [-0.1, -0.05) is 0 Å². The third kappa shape index (κ3) is 249. The molecule has 0 saturated heterocycles. The van der Waals surface area contributed by atoms with E-state index >= 15 is 0 Å². The molecular weight excluding hydrogens is 208 g/mol. The SMILES string of the molecule is CCOC(C)=O.O.O.O.O.O.O.O.O. The standard InChI is InChI=1S/C4H8O2.8H2O/c1-3-6-4(2)5;;;;;;;;/h3H2,1-2H3;8*1H2. The Morgan fingerprint density at radius 2 is 1.07 bits per heavy atom. The van der Waals surface area contributed by atoms with Crippen molar-refractivity contribution in [3.63, 3.8) is 0 Å². The van der Waals surface area contributed by atoms with Crippen molar-refractivity contribution in [2.45, 2.75) is 13.8 Å². The van der Waals surface area contributed by atoms with Gasteiger partial charge in [0.15, 0.2) is 0 Å². The topological polar surface area (TPSA) is 278 Å². The zero-order chi connectivity index (χ0) is 4.99. The molecule has 0 aromatic rings. The second kappa shape index (κ2) is 87.7. The fourth-order valence-electron chi connectivity index (χ4n) is 0.203. The molecule has 10 nitrogen and oxygen atoms in total. The fraction of sp³-hybridized carbons (Fsp3) is 0.750. The molecule has 0 fully saturated rings. The van der Waals surface area contributed by atoms with E-state index < -0.39 is 0 Å². The first-order valence-corrected chi connectivity index (χ1v) is 1.90. The Bertz CT molecular complexity index is 56.1. The Labute approximate surface area is 81.0 Å². The van der Waals surface area contributed by atoms with Gasteiger partial charge in [0.2, 0.25) is 0 Å². The Hall–Kier alpha value is -0.850. The number of carbonyl (C=O) groups is 1. The molecule has 0 aliphatic rings. The van der Waals surface area contributed by atoms with Crippen LogP contribution in [0.5, 0.6) is 0 Å². The minimum atomic E-state index is -0.211. The van der Waals surface area contributed by atoms with Crippen LogP contribution in [0.2, 0.25) is 0 Å². The Kier molecular flexibility index (Phi) is 706. The molecule has 0 heterocycles. The number of ether oxygens (including phenoxy) is 1. The van der Waals surface area contributed by atoms with E-state index in [-0.39, 0.29) is 49.8 Å². The third-order valence-electron chi connectivity index (χ3n) is 0.348. The van der Waals surface area contributed by atoms with Crippen molar-refractivity contribution in [1.82, 2.24) is 0 Å². The summed E-state index contributed by atoms with van der Waals surface area (Å²) in [6.45, 7) is 3.65. The second-order valence-corrected chi connectivity index (χ2v) is 0.925. The largest absolute Gasteiger partial charge is 0.466 e. The van der Waals surface area contributed by atoms with Crippen LogP contribution in [0.3, 0.4) is 0 Å². The first kappa shape index (κ1) is 113. The molecule has 0 rings (SSSR count). The predicted molar refractivity (Wildman–Crippen MR) is 51.2 cm³/mol. The van der Waals surface area contributed by atoms with E-state index in [1.165, 1.54) is 6.92 Å². The van der Waals surface area contributed by atoms with Gasteiger partial charge in [-0.25, -0.2) is 0 Å². The summed E-state index contributed by atoms with van der Waals surface area (Å²) in [6, 6.07) is 0. The van der Waals surface area contributed by atoms with Crippen LogP contribution in [0.1, 0.15) is 13.8 Å². The molecule has 100 valence electrons. The van der Waals surface area contributed by atoms with Crippen LogP contribution in [0.25, 0.3) is 0 Å². The van der Waals surface area contributed by atoms with Gasteiger partial charge in [-0.15, -0.1) is 0 Å². The van der Waals surface area contributed by atoms with Gasteiger partial charge >= 0.3 is 5.97 Å². The average Bonchev–Trinajstić information content (AvgIpc) is 1.35. The lowest BCUT2D eigenvalue weighted by molar-refractivity contribution is -0.140. The molecule has 0 amide bonds. The lowest BCUT2D eigenvalue weighted by Gasteiger charge is -1.89. The zero-order valence-corrected chi connectivity index (χ0v) is 8.02. The van der Waals surface area contributed by atoms with Crippen LogP contribution in [-0.2, 0) is 9.53 Å². The van der Waals surface area contributed by atoms with E-state index in [2.05, 4.69) is 4.74 Å². The van der Waals surface area contributed by atoms with Crippen LogP contribution in [0.4, 0.5) is 0 Å². The van der Waals surface area contributed by atoms with Gasteiger partial charge < -0.3 is 48.5 Å². The molecule has 0 aromatic carbocycles. The minimum absolute atomic E-state index is 0. The van der Waals surface area contributed by atoms with Gasteiger partial charge in [-0.05, 0) is 6.92 Å². The Morgan fingerprint density at radius 3 is 1.07 bits per heavy atom. The molecule has 0 aromatic heterocycles. The monoisotopic (exact) mass is 232 g/mol. The first-order chi connectivity index (χ1) is 2.77. The van der Waals surface area contributed by atoms with Gasteiger partial charge in [-0.2, -0.15) is 0 Å². The molecule has 10 heteroatoms. The highest BCUT2D eigenvalue weighted by Crippen LogP contribution is 1.69. The van der Waals surface area contributed by atoms with E-state index in [1.807, 2.05) is 0 Å². The smallest absolute Gasteiger partial charge is 0.302 e. The van der Waals surface area contributed by atoms with E-state index in [0.29, 0.717) is 6.61 Å². The summed E-state index contributed by atoms with van der Waals surface area (Å²) < 4.78 is 4.40. The van der Waals surface area contributed by atoms with E-state index in [4.69, 9.17) is 0 Å². The van der Waals surface area contributed by atoms with Crippen molar-refractivity contribution in [2.75, 3.05) is 6.61 Å². The third-order valence-corrected chi connectivity index (χ3v) is 0.348. The molecule has 0 aliphatic carbocycles. The van der Waals surface area contributed by atoms with Crippen LogP contribution < -0.4 is 0 Å². The normalized spacial score (nSPS) is 3.29. The number of carbonyl (C=O) groups excluding carboxylic acids is 1. The van der Waals surface area contributed by atoms with Gasteiger partial charge in [0.25, 0.3) is 0 Å². The lowest BCUT2D eigenvalue weighted by atomic mass is 10.8. The maximum absolute atomic E-state index is 9.82. The van der Waals surface area contributed by atoms with Crippen molar-refractivity contribution in [1.29, 1.82) is 0 Å². The van der Waals surface area contributed by atoms with Crippen molar-refractivity contribution in [3.8, 4) is 0 Å². The molecule has 0 bridgehead atoms. The number of hydrogen-bond acceptors (Lipinski definition) is 2. The maximum Gasteiger partial charge on any atom is 0.302 e. The highest BCUT2D eigenvalue weighted by atomic mass is 16.5. The summed E-state index contributed by atoms with van der Waals surface area (Å²) in [5, 5.41) is 0. The van der Waals surface area contributed by atoms with Crippen LogP contribution in [0.15, 0.2) is 0 Å². The van der Waals surface area contributed by atoms with Crippen LogP contribution in [-0.4, -0.2) is 56.4 Å². The fourth-order valence-corrected chi connectivity index (χ4v) is 0.203. The van der Waals surface area contributed by atoms with E-state index in [1.54, 1.807) is 6.92 Å². The quantitative estimate of drug-likeness (QED) is 0.398. The van der Waals surface area contributed by atoms with E-state index in [9.17, 15) is 4.79 Å². The van der Waals surface area contributed by atoms with Crippen LogP contribution in [0, 0.1) is 0 Å². The highest BCUT2D eigenvalue weighted by molar-refractivity contribution is 5.65. The summed E-state index contributed by atoms with van der Waals surface area (Å²) in [7, 11) is 0. The van der Waals surface area contributed by atoms with Gasteiger partial charge in [0, 0.05) is 6.92 Å². The molecule has 16 N–H and O–H groups in total. The molecule has 14 heavy (non-hydrogen) atoms. The van der Waals surface area contributed by atoms with E-state index in [0.717, 1.165) is 0 Å². The number of rotatable bonds is 1. The number of esters is 1. The average molecular weight is 232 g/mol. The van der Waals surface area contributed by atoms with Gasteiger partial charge in [0.1, 0.15) is 0 Å². The molecule has 0 spiro atoms. The van der Waals surface area contributed by atoms with Gasteiger partial charge in [0.05, 0.1) is 6.61 Å². The van der Waals surface area contributed by atoms with Crippen molar-refractivity contribution in [3.05, 3.63) is 0 Å². The summed E-state index contributed by atoms with van der Waals surface area (Å²) in [4.78, 5) is 9.82. The first-order valence-electron chi connectivity index (χ1n) is 1.90.